The lowest BCUT2D eigenvalue weighted by Gasteiger charge is -2.10. The van der Waals surface area contributed by atoms with Gasteiger partial charge < -0.3 is 14.6 Å². The zero-order valence-electron chi connectivity index (χ0n) is 11.9. The average Bonchev–Trinajstić information content (AvgIpc) is 2.49. The molecular weight excluding hydrogens is 290 g/mol. The first-order valence-electron chi connectivity index (χ1n) is 6.23. The van der Waals surface area contributed by atoms with E-state index in [1.165, 1.54) is 49.2 Å². The van der Waals surface area contributed by atoms with Crippen molar-refractivity contribution in [2.24, 2.45) is 7.05 Å². The molecule has 0 aliphatic carbocycles. The molecule has 1 aromatic heterocycles. The topological polar surface area (TPSA) is 103 Å². The second kappa shape index (κ2) is 6.08. The van der Waals surface area contributed by atoms with E-state index in [2.05, 4.69) is 5.32 Å². The number of nitrogens with one attached hydrogen (secondary N) is 1. The zero-order valence-corrected chi connectivity index (χ0v) is 11.9. The number of aryl methyl sites for hydroxylation is 1. The number of aromatic nitrogens is 1. The van der Waals surface area contributed by atoms with Gasteiger partial charge in [-0.2, -0.15) is 0 Å². The molecule has 1 heterocycles. The van der Waals surface area contributed by atoms with E-state index in [0.29, 0.717) is 0 Å². The molecule has 2 aromatic rings. The van der Waals surface area contributed by atoms with Gasteiger partial charge in [0.1, 0.15) is 11.3 Å². The Bertz CT molecular complexity index is 797. The number of ether oxygens (including phenoxy) is 1. The first kappa shape index (κ1) is 15.2. The number of non-ortho nitro benzene ring substituents is 1. The van der Waals surface area contributed by atoms with E-state index in [0.717, 1.165) is 0 Å². The predicted molar refractivity (Wildman–Crippen MR) is 79.3 cm³/mol. The van der Waals surface area contributed by atoms with Crippen molar-refractivity contribution in [1.82, 2.24) is 4.57 Å². The van der Waals surface area contributed by atoms with Gasteiger partial charge in [0.15, 0.2) is 0 Å². The summed E-state index contributed by atoms with van der Waals surface area (Å²) in [6, 6.07) is 6.74. The number of hydrogen-bond donors (Lipinski definition) is 1. The number of carbonyl (C=O) groups excluding carboxylic acids is 1. The van der Waals surface area contributed by atoms with E-state index in [1.807, 2.05) is 0 Å². The van der Waals surface area contributed by atoms with Crippen LogP contribution in [0.2, 0.25) is 0 Å². The van der Waals surface area contributed by atoms with Gasteiger partial charge in [0, 0.05) is 25.4 Å². The summed E-state index contributed by atoms with van der Waals surface area (Å²) in [6.45, 7) is 0. The van der Waals surface area contributed by atoms with Crippen molar-refractivity contribution in [3.05, 3.63) is 62.6 Å². The molecular formula is C14H13N3O5. The van der Waals surface area contributed by atoms with Crippen molar-refractivity contribution in [1.29, 1.82) is 0 Å². The number of rotatable bonds is 4. The maximum absolute atomic E-state index is 12.2. The van der Waals surface area contributed by atoms with Gasteiger partial charge in [-0.3, -0.25) is 19.7 Å². The Labute approximate surface area is 125 Å². The summed E-state index contributed by atoms with van der Waals surface area (Å²) in [5, 5.41) is 13.3. The third-order valence-corrected chi connectivity index (χ3v) is 3.01. The smallest absolute Gasteiger partial charge is 0.271 e. The average molecular weight is 303 g/mol. The summed E-state index contributed by atoms with van der Waals surface area (Å²) in [5.41, 5.74) is -0.618. The van der Waals surface area contributed by atoms with Gasteiger partial charge in [0.25, 0.3) is 17.2 Å². The van der Waals surface area contributed by atoms with Gasteiger partial charge in [-0.05, 0) is 18.2 Å². The second-order valence-electron chi connectivity index (χ2n) is 4.43. The van der Waals surface area contributed by atoms with Crippen molar-refractivity contribution in [3.8, 4) is 5.75 Å². The number of pyridine rings is 1. The maximum atomic E-state index is 12.2. The fraction of sp³-hybridized carbons (Fsp3) is 0.143. The van der Waals surface area contributed by atoms with Gasteiger partial charge in [-0.25, -0.2) is 0 Å². The molecule has 0 saturated heterocycles. The lowest BCUT2D eigenvalue weighted by Crippen LogP contribution is -2.27. The monoisotopic (exact) mass is 303 g/mol. The minimum absolute atomic E-state index is 0.0708. The van der Waals surface area contributed by atoms with Crippen LogP contribution in [0.3, 0.4) is 0 Å². The van der Waals surface area contributed by atoms with Crippen LogP contribution in [0.25, 0.3) is 0 Å². The Hall–Kier alpha value is -3.16. The Morgan fingerprint density at radius 1 is 1.36 bits per heavy atom. The molecule has 0 atom stereocenters. The van der Waals surface area contributed by atoms with Crippen LogP contribution in [-0.4, -0.2) is 22.5 Å². The van der Waals surface area contributed by atoms with E-state index in [-0.39, 0.29) is 22.7 Å². The molecule has 1 N–H and O–H groups in total. The van der Waals surface area contributed by atoms with Crippen LogP contribution in [0.4, 0.5) is 11.4 Å². The van der Waals surface area contributed by atoms with Gasteiger partial charge in [-0.1, -0.05) is 0 Å². The molecule has 2 rings (SSSR count). The largest absolute Gasteiger partial charge is 0.495 e. The summed E-state index contributed by atoms with van der Waals surface area (Å²) >= 11 is 0. The summed E-state index contributed by atoms with van der Waals surface area (Å²) in [5.74, 6) is -0.410. The fourth-order valence-corrected chi connectivity index (χ4v) is 1.87. The first-order chi connectivity index (χ1) is 10.4. The molecule has 1 aromatic carbocycles. The van der Waals surface area contributed by atoms with Crippen molar-refractivity contribution in [2.75, 3.05) is 12.4 Å². The number of hydrogen-bond acceptors (Lipinski definition) is 5. The highest BCUT2D eigenvalue weighted by molar-refractivity contribution is 6.04. The number of nitro benzene ring substituents is 1. The van der Waals surface area contributed by atoms with Gasteiger partial charge in [0.2, 0.25) is 0 Å². The molecule has 8 heteroatoms. The number of anilines is 1. The predicted octanol–water partition coefficient (Wildman–Crippen LogP) is 1.55. The van der Waals surface area contributed by atoms with Crippen LogP contribution in [0, 0.1) is 10.1 Å². The Balaban J connectivity index is 2.39. The number of methoxy groups -OCH3 is 1. The Kier molecular flexibility index (Phi) is 4.21. The standard InChI is InChI=1S/C14H13N3O5/c1-16-7-3-4-10(14(16)19)13(18)15-11-8-9(17(20)21)5-6-12(11)22-2/h3-8H,1-2H3,(H,15,18). The number of amides is 1. The molecule has 1 amide bonds. The summed E-state index contributed by atoms with van der Waals surface area (Å²) < 4.78 is 6.31. The van der Waals surface area contributed by atoms with Crippen LogP contribution in [0.5, 0.6) is 5.75 Å². The zero-order chi connectivity index (χ0) is 16.3. The Morgan fingerprint density at radius 3 is 2.73 bits per heavy atom. The molecule has 0 radical (unpaired) electrons. The molecule has 0 aliphatic heterocycles. The van der Waals surface area contributed by atoms with E-state index in [1.54, 1.807) is 6.07 Å². The number of carbonyl (C=O) groups is 1. The minimum Gasteiger partial charge on any atom is -0.495 e. The molecule has 0 spiro atoms. The molecule has 22 heavy (non-hydrogen) atoms. The molecule has 0 saturated carbocycles. The van der Waals surface area contributed by atoms with Gasteiger partial charge >= 0.3 is 0 Å². The molecule has 114 valence electrons. The van der Waals surface area contributed by atoms with Crippen LogP contribution in [0.1, 0.15) is 10.4 Å². The van der Waals surface area contributed by atoms with Crippen molar-refractivity contribution >= 4 is 17.3 Å². The van der Waals surface area contributed by atoms with E-state index in [4.69, 9.17) is 4.74 Å². The lowest BCUT2D eigenvalue weighted by molar-refractivity contribution is -0.384. The fourth-order valence-electron chi connectivity index (χ4n) is 1.87. The number of nitro groups is 1. The van der Waals surface area contributed by atoms with Crippen LogP contribution in [0.15, 0.2) is 41.3 Å². The summed E-state index contributed by atoms with van der Waals surface area (Å²) in [4.78, 5) is 34.3. The van der Waals surface area contributed by atoms with Gasteiger partial charge in [-0.15, -0.1) is 0 Å². The number of nitrogens with zero attached hydrogens (tertiary/aromatic N) is 2. The van der Waals surface area contributed by atoms with E-state index >= 15 is 0 Å². The van der Waals surface area contributed by atoms with E-state index < -0.39 is 16.4 Å². The quantitative estimate of drug-likeness (QED) is 0.681. The highest BCUT2D eigenvalue weighted by atomic mass is 16.6. The van der Waals surface area contributed by atoms with E-state index in [9.17, 15) is 19.7 Å². The summed E-state index contributed by atoms with van der Waals surface area (Å²) in [6.07, 6.45) is 1.52. The second-order valence-corrected chi connectivity index (χ2v) is 4.43. The van der Waals surface area contributed by atoms with Gasteiger partial charge in [0.05, 0.1) is 17.7 Å². The SMILES string of the molecule is COc1ccc([N+](=O)[O-])cc1NC(=O)c1cccn(C)c1=O. The highest BCUT2D eigenvalue weighted by Crippen LogP contribution is 2.29. The lowest BCUT2D eigenvalue weighted by atomic mass is 10.2. The Morgan fingerprint density at radius 2 is 2.09 bits per heavy atom. The molecule has 0 bridgehead atoms. The molecule has 0 unspecified atom stereocenters. The maximum Gasteiger partial charge on any atom is 0.271 e. The third kappa shape index (κ3) is 2.95. The molecule has 8 nitrogen and oxygen atoms in total. The van der Waals surface area contributed by atoms with Crippen LogP contribution >= 0.6 is 0 Å². The van der Waals surface area contributed by atoms with Crippen molar-refractivity contribution in [3.63, 3.8) is 0 Å². The van der Waals surface area contributed by atoms with Crippen LogP contribution < -0.4 is 15.6 Å². The summed E-state index contributed by atoms with van der Waals surface area (Å²) in [7, 11) is 2.89. The molecule has 0 aliphatic rings. The van der Waals surface area contributed by atoms with Crippen LogP contribution in [-0.2, 0) is 7.05 Å². The number of benzene rings is 1. The third-order valence-electron chi connectivity index (χ3n) is 3.01. The highest BCUT2D eigenvalue weighted by Gasteiger charge is 2.16. The van der Waals surface area contributed by atoms with Crippen molar-refractivity contribution < 1.29 is 14.5 Å². The normalized spacial score (nSPS) is 10.1. The minimum atomic E-state index is -0.667. The first-order valence-corrected chi connectivity index (χ1v) is 6.23. The molecule has 0 fully saturated rings. The van der Waals surface area contributed by atoms with Crippen molar-refractivity contribution in [2.45, 2.75) is 0 Å².